The largest absolute Gasteiger partial charge is 0.392 e. The van der Waals surface area contributed by atoms with Gasteiger partial charge in [0.1, 0.15) is 0 Å². The summed E-state index contributed by atoms with van der Waals surface area (Å²) in [7, 11) is 0. The van der Waals surface area contributed by atoms with E-state index in [9.17, 15) is 4.79 Å². The van der Waals surface area contributed by atoms with Crippen LogP contribution in [-0.2, 0) is 4.79 Å². The molecule has 1 aromatic carbocycles. The maximum Gasteiger partial charge on any atom is 0.237 e. The summed E-state index contributed by atoms with van der Waals surface area (Å²) in [5.74, 6) is -0.0481. The van der Waals surface area contributed by atoms with Crippen molar-refractivity contribution < 1.29 is 4.79 Å². The summed E-state index contributed by atoms with van der Waals surface area (Å²) in [5.41, 5.74) is 6.03. The van der Waals surface area contributed by atoms with Crippen molar-refractivity contribution in [3.8, 4) is 0 Å². The van der Waals surface area contributed by atoms with Gasteiger partial charge >= 0.3 is 0 Å². The number of amides is 1. The highest BCUT2D eigenvalue weighted by Crippen LogP contribution is 2.36. The quantitative estimate of drug-likeness (QED) is 0.658. The standard InChI is InChI=1S/C15H20N2OS/c16-13(19)15(10-6-1-2-7-11-15)14(18)17-12-8-4-3-5-9-12/h3-5,8-9H,1-2,6-7,10-11H2,(H2,16,19)(H,17,18). The predicted octanol–water partition coefficient (Wildman–Crippen LogP) is 3.25. The van der Waals surface area contributed by atoms with E-state index < -0.39 is 5.41 Å². The first-order valence-electron chi connectivity index (χ1n) is 6.81. The molecule has 1 fully saturated rings. The van der Waals surface area contributed by atoms with Gasteiger partial charge in [0.15, 0.2) is 0 Å². The summed E-state index contributed by atoms with van der Waals surface area (Å²) in [6, 6.07) is 9.47. The fourth-order valence-electron chi connectivity index (χ4n) is 2.69. The van der Waals surface area contributed by atoms with Gasteiger partial charge in [0, 0.05) is 5.69 Å². The van der Waals surface area contributed by atoms with Gasteiger partial charge in [-0.05, 0) is 25.0 Å². The summed E-state index contributed by atoms with van der Waals surface area (Å²) in [4.78, 5) is 12.9. The number of anilines is 1. The average molecular weight is 276 g/mol. The zero-order valence-electron chi connectivity index (χ0n) is 11.0. The monoisotopic (exact) mass is 276 g/mol. The summed E-state index contributed by atoms with van der Waals surface area (Å²) >= 11 is 5.20. The molecule has 3 N–H and O–H groups in total. The predicted molar refractivity (Wildman–Crippen MR) is 82.0 cm³/mol. The Bertz CT molecular complexity index is 450. The summed E-state index contributed by atoms with van der Waals surface area (Å²) in [6.45, 7) is 0. The number of para-hydroxylation sites is 1. The highest BCUT2D eigenvalue weighted by atomic mass is 32.1. The zero-order chi connectivity index (χ0) is 13.7. The van der Waals surface area contributed by atoms with E-state index in [1.165, 1.54) is 0 Å². The van der Waals surface area contributed by atoms with Gasteiger partial charge in [-0.3, -0.25) is 4.79 Å². The molecule has 19 heavy (non-hydrogen) atoms. The van der Waals surface area contributed by atoms with Crippen LogP contribution in [0.3, 0.4) is 0 Å². The Morgan fingerprint density at radius 1 is 1.11 bits per heavy atom. The van der Waals surface area contributed by atoms with Crippen molar-refractivity contribution in [2.45, 2.75) is 38.5 Å². The molecule has 1 aromatic rings. The van der Waals surface area contributed by atoms with Crippen LogP contribution in [0, 0.1) is 5.41 Å². The third kappa shape index (κ3) is 3.13. The topological polar surface area (TPSA) is 55.1 Å². The SMILES string of the molecule is NC(=S)C1(C(=O)Nc2ccccc2)CCCCCC1. The molecule has 0 heterocycles. The molecule has 0 radical (unpaired) electrons. The number of nitrogens with two attached hydrogens (primary N) is 1. The normalized spacial score (nSPS) is 18.3. The van der Waals surface area contributed by atoms with Gasteiger partial charge < -0.3 is 11.1 Å². The highest BCUT2D eigenvalue weighted by molar-refractivity contribution is 7.80. The third-order valence-corrected chi connectivity index (χ3v) is 4.29. The van der Waals surface area contributed by atoms with Gasteiger partial charge in [0.2, 0.25) is 5.91 Å². The lowest BCUT2D eigenvalue weighted by Crippen LogP contribution is -2.45. The van der Waals surface area contributed by atoms with Crippen molar-refractivity contribution in [3.05, 3.63) is 30.3 Å². The smallest absolute Gasteiger partial charge is 0.237 e. The van der Waals surface area contributed by atoms with Crippen molar-refractivity contribution in [3.63, 3.8) is 0 Å². The molecular weight excluding hydrogens is 256 g/mol. The molecule has 0 spiro atoms. The Kier molecular flexibility index (Phi) is 4.53. The van der Waals surface area contributed by atoms with Gasteiger partial charge in [0.05, 0.1) is 10.4 Å². The second kappa shape index (κ2) is 6.15. The van der Waals surface area contributed by atoms with E-state index in [0.717, 1.165) is 44.2 Å². The lowest BCUT2D eigenvalue weighted by Gasteiger charge is -2.30. The zero-order valence-corrected chi connectivity index (χ0v) is 11.8. The Balaban J connectivity index is 2.19. The molecule has 3 nitrogen and oxygen atoms in total. The second-order valence-electron chi connectivity index (χ2n) is 5.18. The third-order valence-electron chi connectivity index (χ3n) is 3.90. The van der Waals surface area contributed by atoms with Crippen LogP contribution in [0.2, 0.25) is 0 Å². The van der Waals surface area contributed by atoms with Crippen LogP contribution in [0.15, 0.2) is 30.3 Å². The molecule has 2 rings (SSSR count). The second-order valence-corrected chi connectivity index (χ2v) is 5.62. The van der Waals surface area contributed by atoms with Crippen molar-refractivity contribution >= 4 is 28.8 Å². The number of carbonyl (C=O) groups is 1. The molecule has 1 saturated carbocycles. The number of hydrogen-bond donors (Lipinski definition) is 2. The van der Waals surface area contributed by atoms with Crippen LogP contribution in [-0.4, -0.2) is 10.9 Å². The van der Waals surface area contributed by atoms with Crippen LogP contribution in [0.1, 0.15) is 38.5 Å². The summed E-state index contributed by atoms with van der Waals surface area (Å²) in [6.07, 6.45) is 5.87. The van der Waals surface area contributed by atoms with Crippen LogP contribution in [0.25, 0.3) is 0 Å². The van der Waals surface area contributed by atoms with E-state index in [2.05, 4.69) is 5.32 Å². The van der Waals surface area contributed by atoms with Crippen LogP contribution in [0.4, 0.5) is 5.69 Å². The van der Waals surface area contributed by atoms with Crippen molar-refractivity contribution in [1.29, 1.82) is 0 Å². The molecule has 1 aliphatic rings. The fraction of sp³-hybridized carbons (Fsp3) is 0.467. The van der Waals surface area contributed by atoms with E-state index in [0.29, 0.717) is 4.99 Å². The lowest BCUT2D eigenvalue weighted by molar-refractivity contribution is -0.122. The van der Waals surface area contributed by atoms with Crippen LogP contribution >= 0.6 is 12.2 Å². The maximum absolute atomic E-state index is 12.6. The van der Waals surface area contributed by atoms with Crippen LogP contribution < -0.4 is 11.1 Å². The Morgan fingerprint density at radius 3 is 2.21 bits per heavy atom. The van der Waals surface area contributed by atoms with Gasteiger partial charge in [-0.2, -0.15) is 0 Å². The Morgan fingerprint density at radius 2 is 1.68 bits per heavy atom. The van der Waals surface area contributed by atoms with Gasteiger partial charge in [-0.1, -0.05) is 56.1 Å². The summed E-state index contributed by atoms with van der Waals surface area (Å²) in [5, 5.41) is 2.96. The summed E-state index contributed by atoms with van der Waals surface area (Å²) < 4.78 is 0. The van der Waals surface area contributed by atoms with E-state index in [4.69, 9.17) is 18.0 Å². The Hall–Kier alpha value is -1.42. The molecule has 102 valence electrons. The lowest BCUT2D eigenvalue weighted by atomic mass is 9.79. The number of hydrogen-bond acceptors (Lipinski definition) is 2. The first-order valence-corrected chi connectivity index (χ1v) is 7.22. The Labute approximate surface area is 119 Å². The van der Waals surface area contributed by atoms with Crippen molar-refractivity contribution in [2.75, 3.05) is 5.32 Å². The molecule has 4 heteroatoms. The van der Waals surface area contributed by atoms with Gasteiger partial charge in [-0.25, -0.2) is 0 Å². The molecule has 1 amide bonds. The molecule has 0 aromatic heterocycles. The minimum absolute atomic E-state index is 0.0481. The molecule has 1 aliphatic carbocycles. The van der Waals surface area contributed by atoms with Gasteiger partial charge in [-0.15, -0.1) is 0 Å². The molecule has 0 atom stereocenters. The number of rotatable bonds is 3. The molecule has 0 aliphatic heterocycles. The van der Waals surface area contributed by atoms with Gasteiger partial charge in [0.25, 0.3) is 0 Å². The molecular formula is C15H20N2OS. The molecule has 0 saturated heterocycles. The minimum Gasteiger partial charge on any atom is -0.392 e. The molecule has 0 unspecified atom stereocenters. The average Bonchev–Trinajstić information content (AvgIpc) is 2.66. The highest BCUT2D eigenvalue weighted by Gasteiger charge is 2.41. The minimum atomic E-state index is -0.665. The number of thiocarbonyl (C=S) groups is 1. The van der Waals surface area contributed by atoms with Crippen molar-refractivity contribution in [1.82, 2.24) is 0 Å². The number of benzene rings is 1. The van der Waals surface area contributed by atoms with Crippen molar-refractivity contribution in [2.24, 2.45) is 11.1 Å². The van der Waals surface area contributed by atoms with Crippen LogP contribution in [0.5, 0.6) is 0 Å². The van der Waals surface area contributed by atoms with E-state index in [-0.39, 0.29) is 5.91 Å². The fourth-order valence-corrected chi connectivity index (χ4v) is 2.99. The molecule has 0 bridgehead atoms. The number of carbonyl (C=O) groups excluding carboxylic acids is 1. The van der Waals surface area contributed by atoms with E-state index in [1.807, 2.05) is 30.3 Å². The first-order chi connectivity index (χ1) is 9.15. The number of nitrogens with one attached hydrogen (secondary N) is 1. The maximum atomic E-state index is 12.6. The van der Waals surface area contributed by atoms with E-state index >= 15 is 0 Å². The first kappa shape index (κ1) is 14.0. The van der Waals surface area contributed by atoms with E-state index in [1.54, 1.807) is 0 Å².